The Labute approximate surface area is 212 Å². The third-order valence-corrected chi connectivity index (χ3v) is 6.66. The van der Waals surface area contributed by atoms with E-state index in [1.54, 1.807) is 0 Å². The van der Waals surface area contributed by atoms with Crippen molar-refractivity contribution in [2.24, 2.45) is 0 Å². The molecule has 0 aliphatic carbocycles. The Balaban J connectivity index is 1.48. The number of pyridine rings is 1. The zero-order valence-electron chi connectivity index (χ0n) is 21.0. The molecule has 0 unspecified atom stereocenters. The molecule has 36 heavy (non-hydrogen) atoms. The van der Waals surface area contributed by atoms with Gasteiger partial charge >= 0.3 is 0 Å². The molecule has 4 heteroatoms. The van der Waals surface area contributed by atoms with E-state index in [4.69, 9.17) is 4.98 Å². The van der Waals surface area contributed by atoms with Gasteiger partial charge in [0, 0.05) is 18.2 Å². The van der Waals surface area contributed by atoms with Crippen molar-refractivity contribution < 1.29 is 4.79 Å². The molecule has 0 saturated carbocycles. The number of rotatable bonds is 7. The Morgan fingerprint density at radius 3 is 2.33 bits per heavy atom. The van der Waals surface area contributed by atoms with E-state index in [2.05, 4.69) is 90.4 Å². The van der Waals surface area contributed by atoms with Crippen LogP contribution in [0, 0.1) is 13.8 Å². The van der Waals surface area contributed by atoms with E-state index in [1.807, 2.05) is 37.3 Å². The van der Waals surface area contributed by atoms with Gasteiger partial charge in [-0.3, -0.25) is 4.79 Å². The number of nitrogens with zero attached hydrogens (tertiary/aromatic N) is 2. The van der Waals surface area contributed by atoms with Crippen molar-refractivity contribution in [3.05, 3.63) is 120 Å². The number of aryl methyl sites for hydroxylation is 3. The van der Waals surface area contributed by atoms with E-state index in [9.17, 15) is 4.79 Å². The minimum Gasteiger partial charge on any atom is -0.350 e. The zero-order valence-corrected chi connectivity index (χ0v) is 21.0. The first-order valence-corrected chi connectivity index (χ1v) is 12.5. The average Bonchev–Trinajstić information content (AvgIpc) is 3.26. The normalized spacial score (nSPS) is 12.0. The lowest BCUT2D eigenvalue weighted by Crippen LogP contribution is -2.26. The van der Waals surface area contributed by atoms with E-state index in [-0.39, 0.29) is 11.9 Å². The Morgan fingerprint density at radius 1 is 0.833 bits per heavy atom. The van der Waals surface area contributed by atoms with Gasteiger partial charge in [-0.25, -0.2) is 4.98 Å². The summed E-state index contributed by atoms with van der Waals surface area (Å²) in [6, 6.07) is 31.2. The van der Waals surface area contributed by atoms with Crippen LogP contribution in [0.1, 0.15) is 41.8 Å². The summed E-state index contributed by atoms with van der Waals surface area (Å²) in [6.07, 6.45) is 3.13. The number of imidazole rings is 1. The van der Waals surface area contributed by atoms with E-state index in [0.29, 0.717) is 12.8 Å². The summed E-state index contributed by atoms with van der Waals surface area (Å²) in [7, 11) is 0. The lowest BCUT2D eigenvalue weighted by Gasteiger charge is -2.14. The molecule has 5 rings (SSSR count). The number of hydrogen-bond acceptors (Lipinski definition) is 2. The topological polar surface area (TPSA) is 46.4 Å². The zero-order chi connectivity index (χ0) is 25.1. The average molecular weight is 474 g/mol. The van der Waals surface area contributed by atoms with Gasteiger partial charge in [-0.1, -0.05) is 90.0 Å². The molecule has 0 spiro atoms. The molecule has 0 fully saturated rings. The number of hydrogen-bond donors (Lipinski definition) is 1. The van der Waals surface area contributed by atoms with Crippen LogP contribution in [0.25, 0.3) is 28.0 Å². The molecule has 180 valence electrons. The van der Waals surface area contributed by atoms with Gasteiger partial charge in [0.15, 0.2) is 0 Å². The third-order valence-electron chi connectivity index (χ3n) is 6.66. The maximum Gasteiger partial charge on any atom is 0.220 e. The summed E-state index contributed by atoms with van der Waals surface area (Å²) in [6.45, 7) is 6.21. The number of benzene rings is 3. The Bertz CT molecular complexity index is 1500. The fourth-order valence-corrected chi connectivity index (χ4v) is 4.64. The molecule has 1 amide bonds. The molecule has 2 heterocycles. The number of carbonyl (C=O) groups is 1. The third kappa shape index (κ3) is 5.08. The van der Waals surface area contributed by atoms with Gasteiger partial charge in [-0.05, 0) is 56.0 Å². The van der Waals surface area contributed by atoms with Gasteiger partial charge in [0.25, 0.3) is 0 Å². The summed E-state index contributed by atoms with van der Waals surface area (Å²) in [5.41, 5.74) is 9.76. The minimum atomic E-state index is -0.0367. The van der Waals surface area contributed by atoms with Crippen LogP contribution in [0.4, 0.5) is 0 Å². The van der Waals surface area contributed by atoms with E-state index in [1.165, 1.54) is 16.7 Å². The van der Waals surface area contributed by atoms with Crippen molar-refractivity contribution in [2.45, 2.75) is 39.7 Å². The lowest BCUT2D eigenvalue weighted by molar-refractivity contribution is -0.121. The Morgan fingerprint density at radius 2 is 1.58 bits per heavy atom. The molecule has 5 aromatic rings. The summed E-state index contributed by atoms with van der Waals surface area (Å²) in [4.78, 5) is 17.9. The molecule has 0 bridgehead atoms. The van der Waals surface area contributed by atoms with Crippen molar-refractivity contribution in [3.63, 3.8) is 0 Å². The van der Waals surface area contributed by atoms with Crippen LogP contribution < -0.4 is 5.32 Å². The first-order chi connectivity index (χ1) is 17.5. The van der Waals surface area contributed by atoms with Gasteiger partial charge in [-0.2, -0.15) is 0 Å². The maximum atomic E-state index is 12.9. The SMILES string of the molecule is Cc1ccc(-c2nc3ccc(-c4cccc(C)c4)cn3c2CCC(=O)N[C@@H](C)c2ccccc2)cc1. The molecule has 0 radical (unpaired) electrons. The minimum absolute atomic E-state index is 0.0333. The van der Waals surface area contributed by atoms with Gasteiger partial charge in [0.1, 0.15) is 5.65 Å². The fourth-order valence-electron chi connectivity index (χ4n) is 4.64. The van der Waals surface area contributed by atoms with Gasteiger partial charge in [0.2, 0.25) is 5.91 Å². The highest BCUT2D eigenvalue weighted by atomic mass is 16.1. The van der Waals surface area contributed by atoms with Crippen LogP contribution in [0.5, 0.6) is 0 Å². The molecule has 0 aliphatic heterocycles. The predicted octanol–water partition coefficient (Wildman–Crippen LogP) is 7.10. The second-order valence-electron chi connectivity index (χ2n) is 9.49. The molecule has 3 aromatic carbocycles. The molecule has 4 nitrogen and oxygen atoms in total. The molecule has 1 N–H and O–H groups in total. The standard InChI is InChI=1S/C32H31N3O/c1-22-12-14-26(15-13-22)32-29(17-19-31(36)33-24(3)25-9-5-4-6-10-25)35-21-28(16-18-30(35)34-32)27-11-7-8-23(2)20-27/h4-16,18,20-21,24H,17,19H2,1-3H3,(H,33,36)/t24-/m0/s1. The Hall–Kier alpha value is -4.18. The van der Waals surface area contributed by atoms with Crippen LogP contribution in [0.3, 0.4) is 0 Å². The van der Waals surface area contributed by atoms with Gasteiger partial charge in [-0.15, -0.1) is 0 Å². The summed E-state index contributed by atoms with van der Waals surface area (Å²) in [5.74, 6) is 0.0333. The predicted molar refractivity (Wildman–Crippen MR) is 147 cm³/mol. The van der Waals surface area contributed by atoms with Crippen molar-refractivity contribution in [1.82, 2.24) is 14.7 Å². The molecular formula is C32H31N3O. The van der Waals surface area contributed by atoms with Crippen LogP contribution in [0.2, 0.25) is 0 Å². The van der Waals surface area contributed by atoms with E-state index < -0.39 is 0 Å². The van der Waals surface area contributed by atoms with Crippen LogP contribution in [0.15, 0.2) is 97.2 Å². The fraction of sp³-hybridized carbons (Fsp3) is 0.188. The number of carbonyl (C=O) groups excluding carboxylic acids is 1. The van der Waals surface area contributed by atoms with Crippen molar-refractivity contribution >= 4 is 11.6 Å². The molecule has 0 saturated heterocycles. The van der Waals surface area contributed by atoms with Crippen molar-refractivity contribution in [1.29, 1.82) is 0 Å². The Kier molecular flexibility index (Phi) is 6.68. The maximum absolute atomic E-state index is 12.9. The van der Waals surface area contributed by atoms with Crippen LogP contribution >= 0.6 is 0 Å². The lowest BCUT2D eigenvalue weighted by atomic mass is 10.0. The number of nitrogens with one attached hydrogen (secondary N) is 1. The van der Waals surface area contributed by atoms with Crippen molar-refractivity contribution in [3.8, 4) is 22.4 Å². The van der Waals surface area contributed by atoms with Crippen LogP contribution in [-0.2, 0) is 11.2 Å². The molecule has 0 aliphatic rings. The monoisotopic (exact) mass is 473 g/mol. The second kappa shape index (κ2) is 10.2. The number of aromatic nitrogens is 2. The van der Waals surface area contributed by atoms with Crippen molar-refractivity contribution in [2.75, 3.05) is 0 Å². The van der Waals surface area contributed by atoms with Gasteiger partial charge in [0.05, 0.1) is 17.4 Å². The van der Waals surface area contributed by atoms with E-state index in [0.717, 1.165) is 33.7 Å². The van der Waals surface area contributed by atoms with E-state index >= 15 is 0 Å². The molecule has 1 atom stereocenters. The first kappa shape index (κ1) is 23.6. The molecular weight excluding hydrogens is 442 g/mol. The summed E-state index contributed by atoms with van der Waals surface area (Å²) < 4.78 is 2.15. The number of fused-ring (bicyclic) bond motifs is 1. The smallest absolute Gasteiger partial charge is 0.220 e. The highest BCUT2D eigenvalue weighted by molar-refractivity contribution is 5.77. The quantitative estimate of drug-likeness (QED) is 0.274. The van der Waals surface area contributed by atoms with Crippen LogP contribution in [-0.4, -0.2) is 15.3 Å². The molecule has 2 aromatic heterocycles. The summed E-state index contributed by atoms with van der Waals surface area (Å²) >= 11 is 0. The summed E-state index contributed by atoms with van der Waals surface area (Å²) in [5, 5.41) is 3.15. The highest BCUT2D eigenvalue weighted by Crippen LogP contribution is 2.29. The number of amides is 1. The van der Waals surface area contributed by atoms with Gasteiger partial charge < -0.3 is 9.72 Å². The largest absolute Gasteiger partial charge is 0.350 e. The highest BCUT2D eigenvalue weighted by Gasteiger charge is 2.17. The first-order valence-electron chi connectivity index (χ1n) is 12.5. The second-order valence-corrected chi connectivity index (χ2v) is 9.49.